The molecule has 0 spiro atoms. The molecule has 40 heavy (non-hydrogen) atoms. The van der Waals surface area contributed by atoms with Crippen LogP contribution in [0.25, 0.3) is 22.4 Å². The Balaban J connectivity index is 1.23. The summed E-state index contributed by atoms with van der Waals surface area (Å²) in [5.41, 5.74) is 4.24. The lowest BCUT2D eigenvalue weighted by Crippen LogP contribution is -2.39. The van der Waals surface area contributed by atoms with Crippen molar-refractivity contribution in [2.45, 2.75) is 65.9 Å². The van der Waals surface area contributed by atoms with Crippen molar-refractivity contribution in [3.05, 3.63) is 47.2 Å². The number of aromatic amines is 1. The Morgan fingerprint density at radius 3 is 2.40 bits per heavy atom. The summed E-state index contributed by atoms with van der Waals surface area (Å²) in [5, 5.41) is 0.547. The highest BCUT2D eigenvalue weighted by molar-refractivity contribution is 6.33. The van der Waals surface area contributed by atoms with Crippen molar-refractivity contribution in [2.24, 2.45) is 11.3 Å². The Bertz CT molecular complexity index is 1370. The van der Waals surface area contributed by atoms with Crippen LogP contribution in [0.5, 0.6) is 6.01 Å². The molecule has 3 aromatic rings. The van der Waals surface area contributed by atoms with E-state index in [9.17, 15) is 4.79 Å². The zero-order valence-electron chi connectivity index (χ0n) is 24.1. The number of hydrogen-bond acceptors (Lipinski definition) is 7. The van der Waals surface area contributed by atoms with Gasteiger partial charge < -0.3 is 24.1 Å². The zero-order chi connectivity index (χ0) is 28.5. The highest BCUT2D eigenvalue weighted by Gasteiger charge is 2.40. The number of nitrogens with one attached hydrogen (secondary N) is 1. The van der Waals surface area contributed by atoms with Gasteiger partial charge in [0.25, 0.3) is 0 Å². The second-order valence-corrected chi connectivity index (χ2v) is 12.7. The molecule has 1 saturated heterocycles. The average Bonchev–Trinajstić information content (AvgIpc) is 3.33. The lowest BCUT2D eigenvalue weighted by Gasteiger charge is -2.37. The van der Waals surface area contributed by atoms with E-state index < -0.39 is 11.0 Å². The Morgan fingerprint density at radius 2 is 1.75 bits per heavy atom. The first-order valence-corrected chi connectivity index (χ1v) is 14.4. The van der Waals surface area contributed by atoms with Gasteiger partial charge in [-0.3, -0.25) is 4.79 Å². The van der Waals surface area contributed by atoms with Gasteiger partial charge in [-0.1, -0.05) is 23.7 Å². The van der Waals surface area contributed by atoms with Crippen LogP contribution in [0.4, 0.5) is 5.69 Å². The number of carbonyl (C=O) groups excluding carboxylic acids is 1. The fourth-order valence-electron chi connectivity index (χ4n) is 5.35. The number of benzene rings is 1. The molecule has 5 rings (SSSR count). The summed E-state index contributed by atoms with van der Waals surface area (Å²) in [6.07, 6.45) is 5.33. The second kappa shape index (κ2) is 11.4. The molecular formula is C31H39ClN4O4. The van der Waals surface area contributed by atoms with Gasteiger partial charge in [0.1, 0.15) is 5.60 Å². The number of ether oxygens (including phenoxy) is 3. The zero-order valence-corrected chi connectivity index (χ0v) is 24.8. The van der Waals surface area contributed by atoms with Crippen molar-refractivity contribution in [3.8, 4) is 17.3 Å². The first kappa shape index (κ1) is 28.4. The van der Waals surface area contributed by atoms with Gasteiger partial charge in [-0.2, -0.15) is 4.98 Å². The molecule has 214 valence electrons. The number of halogens is 1. The fraction of sp³-hybridized carbons (Fsp3) is 0.516. The van der Waals surface area contributed by atoms with Crippen LogP contribution in [0.2, 0.25) is 5.02 Å². The van der Waals surface area contributed by atoms with Crippen LogP contribution in [0.1, 0.15) is 60.3 Å². The molecule has 2 fully saturated rings. The van der Waals surface area contributed by atoms with Crippen LogP contribution in [-0.2, 0) is 14.3 Å². The molecular weight excluding hydrogens is 528 g/mol. The minimum Gasteiger partial charge on any atom is -0.460 e. The molecule has 8 nitrogen and oxygen atoms in total. The molecule has 9 heteroatoms. The summed E-state index contributed by atoms with van der Waals surface area (Å²) >= 11 is 6.62. The average molecular weight is 567 g/mol. The van der Waals surface area contributed by atoms with Gasteiger partial charge >= 0.3 is 12.0 Å². The number of aromatic nitrogens is 3. The summed E-state index contributed by atoms with van der Waals surface area (Å²) in [4.78, 5) is 27.5. The number of hydrogen-bond donors (Lipinski definition) is 1. The molecule has 2 aromatic heterocycles. The minimum atomic E-state index is -0.524. The lowest BCUT2D eigenvalue weighted by molar-refractivity contribution is -0.169. The molecule has 0 unspecified atom stereocenters. The van der Waals surface area contributed by atoms with E-state index in [0.717, 1.165) is 68.8 Å². The number of H-pyrrole nitrogens is 1. The van der Waals surface area contributed by atoms with Gasteiger partial charge in [0.2, 0.25) is 0 Å². The second-order valence-electron chi connectivity index (χ2n) is 12.3. The Kier molecular flexibility index (Phi) is 8.11. The molecule has 0 amide bonds. The Hall–Kier alpha value is -3.10. The maximum Gasteiger partial charge on any atom is 0.312 e. The van der Waals surface area contributed by atoms with E-state index >= 15 is 0 Å². The number of morpholine rings is 1. The number of rotatable bonds is 6. The number of anilines is 1. The van der Waals surface area contributed by atoms with Crippen molar-refractivity contribution < 1.29 is 19.0 Å². The summed E-state index contributed by atoms with van der Waals surface area (Å²) in [6, 6.07) is 10.5. The molecule has 2 aliphatic rings. The van der Waals surface area contributed by atoms with Crippen LogP contribution < -0.4 is 9.64 Å². The number of pyridine rings is 1. The summed E-state index contributed by atoms with van der Waals surface area (Å²) in [6.45, 7) is 13.0. The smallest absolute Gasteiger partial charge is 0.312 e. The summed E-state index contributed by atoms with van der Waals surface area (Å²) in [5.74, 6) is 0.132. The highest BCUT2D eigenvalue weighted by Crippen LogP contribution is 2.41. The topological polar surface area (TPSA) is 89.6 Å². The Labute approximate surface area is 241 Å². The predicted molar refractivity (Wildman–Crippen MR) is 158 cm³/mol. The van der Waals surface area contributed by atoms with Gasteiger partial charge in [-0.15, -0.1) is 0 Å². The molecule has 0 bridgehead atoms. The summed E-state index contributed by atoms with van der Waals surface area (Å²) in [7, 11) is 0. The minimum absolute atomic E-state index is 0.130. The third-order valence-corrected chi connectivity index (χ3v) is 8.12. The highest BCUT2D eigenvalue weighted by atomic mass is 35.5. The van der Waals surface area contributed by atoms with E-state index in [-0.39, 0.29) is 11.9 Å². The van der Waals surface area contributed by atoms with Crippen molar-refractivity contribution in [1.82, 2.24) is 15.0 Å². The van der Waals surface area contributed by atoms with Gasteiger partial charge in [0.05, 0.1) is 41.1 Å². The van der Waals surface area contributed by atoms with Crippen LogP contribution in [0.3, 0.4) is 0 Å². The van der Waals surface area contributed by atoms with E-state index in [1.54, 1.807) is 6.26 Å². The lowest BCUT2D eigenvalue weighted by atomic mass is 9.70. The first-order valence-electron chi connectivity index (χ1n) is 14.1. The number of allylic oxidation sites excluding steroid dienone is 1. The molecule has 1 aromatic carbocycles. The third-order valence-electron chi connectivity index (χ3n) is 7.83. The van der Waals surface area contributed by atoms with Crippen molar-refractivity contribution >= 4 is 34.4 Å². The quantitative estimate of drug-likeness (QED) is 0.255. The van der Waals surface area contributed by atoms with Crippen molar-refractivity contribution in [2.75, 3.05) is 31.2 Å². The third kappa shape index (κ3) is 6.44. The van der Waals surface area contributed by atoms with Gasteiger partial charge in [-0.25, -0.2) is 4.98 Å². The van der Waals surface area contributed by atoms with E-state index in [4.69, 9.17) is 30.8 Å². The normalized spacial score (nSPS) is 18.6. The molecule has 3 heterocycles. The maximum absolute atomic E-state index is 12.8. The number of imidazole rings is 1. The fourth-order valence-corrected chi connectivity index (χ4v) is 5.61. The number of fused-ring (bicyclic) bond motifs is 1. The monoisotopic (exact) mass is 566 g/mol. The van der Waals surface area contributed by atoms with E-state index in [1.807, 2.05) is 52.8 Å². The maximum atomic E-state index is 12.8. The van der Waals surface area contributed by atoms with E-state index in [2.05, 4.69) is 27.0 Å². The standard InChI is InChI=1S/C31H39ClN4O4/c1-30(2,3)40-28(37)31(4,5)22-10-6-20(7-11-22)19-39-29-33-25-18-24(32)26(34-27(25)35-29)21-8-12-23(13-9-21)36-14-16-38-17-15-36/h8-9,12-13,18-19,22H,6-7,10-11,14-17H2,1-5H3,(H,33,34,35). The van der Waals surface area contributed by atoms with Gasteiger partial charge in [-0.05, 0) is 90.0 Å². The molecule has 1 aliphatic heterocycles. The summed E-state index contributed by atoms with van der Waals surface area (Å²) < 4.78 is 17.0. The number of esters is 1. The molecule has 1 saturated carbocycles. The number of carbonyl (C=O) groups is 1. The Morgan fingerprint density at radius 1 is 1.07 bits per heavy atom. The SMILES string of the molecule is CC(C)(C)OC(=O)C(C)(C)C1CCC(=COc2nc3nc(-c4ccc(N5CCOCC5)cc4)c(Cl)cc3[nH]2)CC1. The largest absolute Gasteiger partial charge is 0.460 e. The van der Waals surface area contributed by atoms with E-state index in [1.165, 1.54) is 5.57 Å². The number of nitrogens with zero attached hydrogens (tertiary/aromatic N) is 3. The predicted octanol–water partition coefficient (Wildman–Crippen LogP) is 6.94. The van der Waals surface area contributed by atoms with Crippen LogP contribution in [0, 0.1) is 11.3 Å². The molecule has 0 radical (unpaired) electrons. The van der Waals surface area contributed by atoms with Crippen LogP contribution >= 0.6 is 11.6 Å². The first-order chi connectivity index (χ1) is 19.0. The molecule has 1 aliphatic carbocycles. The van der Waals surface area contributed by atoms with E-state index in [0.29, 0.717) is 22.4 Å². The van der Waals surface area contributed by atoms with Crippen molar-refractivity contribution in [3.63, 3.8) is 0 Å². The van der Waals surface area contributed by atoms with Gasteiger partial charge in [0, 0.05) is 24.3 Å². The molecule has 0 atom stereocenters. The van der Waals surface area contributed by atoms with Crippen molar-refractivity contribution in [1.29, 1.82) is 0 Å². The van der Waals surface area contributed by atoms with Gasteiger partial charge in [0.15, 0.2) is 5.65 Å². The molecule has 1 N–H and O–H groups in total. The van der Waals surface area contributed by atoms with Crippen LogP contribution in [0.15, 0.2) is 42.2 Å². The van der Waals surface area contributed by atoms with Crippen LogP contribution in [-0.4, -0.2) is 52.8 Å².